The van der Waals surface area contributed by atoms with Gasteiger partial charge in [-0.1, -0.05) is 18.2 Å². The monoisotopic (exact) mass is 409 g/mol. The predicted octanol–water partition coefficient (Wildman–Crippen LogP) is 4.81. The first kappa shape index (κ1) is 18.7. The van der Waals surface area contributed by atoms with Crippen molar-refractivity contribution in [1.82, 2.24) is 4.98 Å². The third-order valence-electron chi connectivity index (χ3n) is 4.55. The average molecular weight is 410 g/mol. The summed E-state index contributed by atoms with van der Waals surface area (Å²) in [7, 11) is 0. The Morgan fingerprint density at radius 1 is 1.21 bits per heavy atom. The highest BCUT2D eigenvalue weighted by molar-refractivity contribution is 7.97. The molecular weight excluding hydrogens is 390 g/mol. The van der Waals surface area contributed by atoms with Crippen molar-refractivity contribution in [2.24, 2.45) is 0 Å². The molecule has 1 aliphatic rings. The van der Waals surface area contributed by atoms with Crippen molar-refractivity contribution in [2.75, 3.05) is 16.9 Å². The van der Waals surface area contributed by atoms with Gasteiger partial charge in [0, 0.05) is 34.4 Å². The Balaban J connectivity index is 1.47. The first-order chi connectivity index (χ1) is 13.6. The normalized spacial score (nSPS) is 13.0. The van der Waals surface area contributed by atoms with Crippen LogP contribution in [0.1, 0.15) is 27.9 Å². The molecule has 2 N–H and O–H groups in total. The van der Waals surface area contributed by atoms with Gasteiger partial charge < -0.3 is 5.32 Å². The SMILES string of the molecule is CSCc1ccc(C(=O)Nc2nc(-c3ccc4c(c3)CCC(=O)N4)cs2)cc1. The second-order valence-corrected chi connectivity index (χ2v) is 8.27. The predicted molar refractivity (Wildman–Crippen MR) is 116 cm³/mol. The van der Waals surface area contributed by atoms with Gasteiger partial charge in [-0.3, -0.25) is 14.9 Å². The van der Waals surface area contributed by atoms with Gasteiger partial charge in [0.2, 0.25) is 5.91 Å². The van der Waals surface area contributed by atoms with Gasteiger partial charge in [0.25, 0.3) is 5.91 Å². The van der Waals surface area contributed by atoms with Crippen LogP contribution >= 0.6 is 23.1 Å². The molecule has 1 aliphatic heterocycles. The lowest BCUT2D eigenvalue weighted by molar-refractivity contribution is -0.116. The molecule has 1 aromatic heterocycles. The number of rotatable bonds is 5. The van der Waals surface area contributed by atoms with E-state index in [0.717, 1.165) is 34.7 Å². The summed E-state index contributed by atoms with van der Waals surface area (Å²) in [6.45, 7) is 0. The summed E-state index contributed by atoms with van der Waals surface area (Å²) in [5, 5.41) is 8.26. The molecule has 0 fully saturated rings. The lowest BCUT2D eigenvalue weighted by Gasteiger charge is -2.17. The number of thiazole rings is 1. The summed E-state index contributed by atoms with van der Waals surface area (Å²) in [5.41, 5.74) is 5.59. The van der Waals surface area contributed by atoms with E-state index >= 15 is 0 Å². The molecule has 0 radical (unpaired) electrons. The molecule has 0 aliphatic carbocycles. The lowest BCUT2D eigenvalue weighted by Crippen LogP contribution is -2.18. The standard InChI is InChI=1S/C21H19N3O2S2/c1-27-11-13-2-4-14(5-3-13)20(26)24-21-23-18(12-28-21)16-6-8-17-15(10-16)7-9-19(25)22-17/h2-6,8,10,12H,7,9,11H2,1H3,(H,22,25)(H,23,24,26). The van der Waals surface area contributed by atoms with Crippen LogP contribution in [0.25, 0.3) is 11.3 Å². The van der Waals surface area contributed by atoms with Crippen LogP contribution in [-0.4, -0.2) is 23.1 Å². The minimum absolute atomic E-state index is 0.0559. The van der Waals surface area contributed by atoms with Gasteiger partial charge in [-0.2, -0.15) is 11.8 Å². The summed E-state index contributed by atoms with van der Waals surface area (Å²) in [6.07, 6.45) is 3.29. The number of amides is 2. The molecule has 0 saturated heterocycles. The topological polar surface area (TPSA) is 71.1 Å². The molecule has 2 heterocycles. The van der Waals surface area contributed by atoms with Gasteiger partial charge in [-0.25, -0.2) is 4.98 Å². The molecule has 0 saturated carbocycles. The first-order valence-corrected chi connectivity index (χ1v) is 11.2. The van der Waals surface area contributed by atoms with Gasteiger partial charge in [-0.05, 0) is 48.1 Å². The second kappa shape index (κ2) is 8.16. The number of carbonyl (C=O) groups excluding carboxylic acids is 2. The van der Waals surface area contributed by atoms with Gasteiger partial charge in [0.05, 0.1) is 5.69 Å². The summed E-state index contributed by atoms with van der Waals surface area (Å²) < 4.78 is 0. The Bertz CT molecular complexity index is 1030. The van der Waals surface area contributed by atoms with Crippen molar-refractivity contribution in [1.29, 1.82) is 0 Å². The molecular formula is C21H19N3O2S2. The zero-order valence-corrected chi connectivity index (χ0v) is 17.0. The maximum Gasteiger partial charge on any atom is 0.257 e. The van der Waals surface area contributed by atoms with Gasteiger partial charge in [0.15, 0.2) is 5.13 Å². The Morgan fingerprint density at radius 2 is 2.04 bits per heavy atom. The van der Waals surface area contributed by atoms with Gasteiger partial charge in [0.1, 0.15) is 0 Å². The maximum atomic E-state index is 12.5. The number of anilines is 2. The molecule has 28 heavy (non-hydrogen) atoms. The minimum atomic E-state index is -0.162. The first-order valence-electron chi connectivity index (χ1n) is 8.90. The van der Waals surface area contributed by atoms with Gasteiger partial charge >= 0.3 is 0 Å². The molecule has 7 heteroatoms. The summed E-state index contributed by atoms with van der Waals surface area (Å²) in [6, 6.07) is 13.5. The Hall–Kier alpha value is -2.64. The summed E-state index contributed by atoms with van der Waals surface area (Å²) in [4.78, 5) is 28.5. The van der Waals surface area contributed by atoms with Crippen LogP contribution in [0.3, 0.4) is 0 Å². The molecule has 2 aromatic carbocycles. The Kier molecular flexibility index (Phi) is 5.45. The van der Waals surface area contributed by atoms with Crippen LogP contribution in [-0.2, 0) is 17.0 Å². The summed E-state index contributed by atoms with van der Waals surface area (Å²) >= 11 is 3.15. The number of fused-ring (bicyclic) bond motifs is 1. The van der Waals surface area contributed by atoms with E-state index in [1.165, 1.54) is 16.9 Å². The van der Waals surface area contributed by atoms with Crippen molar-refractivity contribution < 1.29 is 9.59 Å². The average Bonchev–Trinajstić information content (AvgIpc) is 3.17. The summed E-state index contributed by atoms with van der Waals surface area (Å²) in [5.74, 6) is 0.826. The van der Waals surface area contributed by atoms with Gasteiger partial charge in [-0.15, -0.1) is 11.3 Å². The quantitative estimate of drug-likeness (QED) is 0.634. The maximum absolute atomic E-state index is 12.5. The van der Waals surface area contributed by atoms with E-state index in [2.05, 4.69) is 27.9 Å². The van der Waals surface area contributed by atoms with E-state index in [4.69, 9.17) is 0 Å². The van der Waals surface area contributed by atoms with Crippen LogP contribution in [0.2, 0.25) is 0 Å². The van der Waals surface area contributed by atoms with E-state index in [-0.39, 0.29) is 11.8 Å². The number of hydrogen-bond donors (Lipinski definition) is 2. The van der Waals surface area contributed by atoms with Crippen LogP contribution in [0.15, 0.2) is 47.8 Å². The Labute approximate surface area is 171 Å². The fourth-order valence-corrected chi connectivity index (χ4v) is 4.34. The van der Waals surface area contributed by atoms with Crippen LogP contribution in [0.4, 0.5) is 10.8 Å². The van der Waals surface area contributed by atoms with Crippen molar-refractivity contribution in [3.05, 3.63) is 64.5 Å². The number of hydrogen-bond acceptors (Lipinski definition) is 5. The number of aryl methyl sites for hydroxylation is 1. The number of nitrogens with one attached hydrogen (secondary N) is 2. The molecule has 0 atom stereocenters. The fraction of sp³-hybridized carbons (Fsp3) is 0.190. The highest BCUT2D eigenvalue weighted by atomic mass is 32.2. The third kappa shape index (κ3) is 4.10. The van der Waals surface area contributed by atoms with E-state index in [1.807, 2.05) is 41.8 Å². The molecule has 0 unspecified atom stereocenters. The number of nitrogens with zero attached hydrogens (tertiary/aromatic N) is 1. The Morgan fingerprint density at radius 3 is 2.82 bits per heavy atom. The zero-order valence-electron chi connectivity index (χ0n) is 15.3. The number of benzene rings is 2. The molecule has 3 aromatic rings. The van der Waals surface area contributed by atoms with E-state index < -0.39 is 0 Å². The number of aromatic nitrogens is 1. The highest BCUT2D eigenvalue weighted by Gasteiger charge is 2.16. The van der Waals surface area contributed by atoms with Crippen molar-refractivity contribution in [2.45, 2.75) is 18.6 Å². The number of carbonyl (C=O) groups is 2. The molecule has 142 valence electrons. The molecule has 0 bridgehead atoms. The zero-order chi connectivity index (χ0) is 19.5. The fourth-order valence-electron chi connectivity index (χ4n) is 3.09. The molecule has 5 nitrogen and oxygen atoms in total. The van der Waals surface area contributed by atoms with Crippen molar-refractivity contribution in [3.8, 4) is 11.3 Å². The molecule has 4 rings (SSSR count). The molecule has 2 amide bonds. The smallest absolute Gasteiger partial charge is 0.257 e. The van der Waals surface area contributed by atoms with E-state index in [9.17, 15) is 9.59 Å². The second-order valence-electron chi connectivity index (χ2n) is 6.54. The van der Waals surface area contributed by atoms with Crippen LogP contribution in [0, 0.1) is 0 Å². The van der Waals surface area contributed by atoms with Crippen LogP contribution in [0.5, 0.6) is 0 Å². The van der Waals surface area contributed by atoms with Crippen molar-refractivity contribution in [3.63, 3.8) is 0 Å². The largest absolute Gasteiger partial charge is 0.326 e. The van der Waals surface area contributed by atoms with Crippen molar-refractivity contribution >= 4 is 45.7 Å². The van der Waals surface area contributed by atoms with E-state index in [1.54, 1.807) is 11.8 Å². The van der Waals surface area contributed by atoms with E-state index in [0.29, 0.717) is 17.1 Å². The lowest BCUT2D eigenvalue weighted by atomic mass is 9.99. The number of thioether (sulfide) groups is 1. The highest BCUT2D eigenvalue weighted by Crippen LogP contribution is 2.30. The molecule has 0 spiro atoms. The third-order valence-corrected chi connectivity index (χ3v) is 5.93. The minimum Gasteiger partial charge on any atom is -0.326 e. The van der Waals surface area contributed by atoms with Crippen LogP contribution < -0.4 is 10.6 Å².